The van der Waals surface area contributed by atoms with Gasteiger partial charge in [0.15, 0.2) is 0 Å². The number of ether oxygens (including phenoxy) is 1. The molecule has 4 rings (SSSR count). The summed E-state index contributed by atoms with van der Waals surface area (Å²) in [5.74, 6) is -0.328. The maximum absolute atomic E-state index is 12.7. The smallest absolute Gasteiger partial charge is 0.340 e. The fraction of sp³-hybridized carbons (Fsp3) is 0.167. The van der Waals surface area contributed by atoms with Crippen molar-refractivity contribution in [1.82, 2.24) is 9.55 Å². The van der Waals surface area contributed by atoms with E-state index in [1.54, 1.807) is 11.3 Å². The maximum Gasteiger partial charge on any atom is 0.340 e. The van der Waals surface area contributed by atoms with Crippen LogP contribution in [0, 0.1) is 20.8 Å². The van der Waals surface area contributed by atoms with Gasteiger partial charge in [0, 0.05) is 28.0 Å². The number of hydrogen-bond donors (Lipinski definition) is 0. The molecule has 0 radical (unpaired) electrons. The zero-order valence-electron chi connectivity index (χ0n) is 16.7. The van der Waals surface area contributed by atoms with Crippen molar-refractivity contribution in [2.45, 2.75) is 27.4 Å². The Hall–Kier alpha value is -3.18. The second-order valence-electron chi connectivity index (χ2n) is 7.04. The number of benzene rings is 2. The molecular weight excluding hydrogens is 380 g/mol. The molecule has 0 bridgehead atoms. The van der Waals surface area contributed by atoms with Crippen LogP contribution in [0.4, 0.5) is 0 Å². The van der Waals surface area contributed by atoms with E-state index in [4.69, 9.17) is 4.74 Å². The summed E-state index contributed by atoms with van der Waals surface area (Å²) in [5, 5.41) is 2.86. The SMILES string of the molecule is Cc1ccc(-n2c(C)cc(C(=O)OCc3csc(-c4ccccc4)n3)c2C)cc1. The zero-order chi connectivity index (χ0) is 20.4. The lowest BCUT2D eigenvalue weighted by molar-refractivity contribution is 0.0467. The average molecular weight is 403 g/mol. The van der Waals surface area contributed by atoms with E-state index >= 15 is 0 Å². The third-order valence-corrected chi connectivity index (χ3v) is 5.81. The van der Waals surface area contributed by atoms with E-state index in [1.807, 2.05) is 55.6 Å². The van der Waals surface area contributed by atoms with Gasteiger partial charge in [-0.2, -0.15) is 0 Å². The second kappa shape index (κ2) is 8.05. The number of carbonyl (C=O) groups excluding carboxylic acids is 1. The Labute approximate surface area is 174 Å². The van der Waals surface area contributed by atoms with Crippen LogP contribution in [0.25, 0.3) is 16.3 Å². The van der Waals surface area contributed by atoms with E-state index in [0.29, 0.717) is 5.56 Å². The highest BCUT2D eigenvalue weighted by atomic mass is 32.1. The van der Waals surface area contributed by atoms with Gasteiger partial charge in [-0.05, 0) is 39.0 Å². The monoisotopic (exact) mass is 402 g/mol. The normalized spacial score (nSPS) is 10.9. The van der Waals surface area contributed by atoms with Gasteiger partial charge >= 0.3 is 5.97 Å². The first-order valence-electron chi connectivity index (χ1n) is 9.46. The molecular formula is C24H22N2O2S. The minimum Gasteiger partial charge on any atom is -0.455 e. The third-order valence-electron chi connectivity index (χ3n) is 4.87. The van der Waals surface area contributed by atoms with E-state index in [-0.39, 0.29) is 12.6 Å². The lowest BCUT2D eigenvalue weighted by Crippen LogP contribution is -2.07. The molecule has 0 spiro atoms. The first kappa shape index (κ1) is 19.2. The van der Waals surface area contributed by atoms with Crippen LogP contribution in [-0.2, 0) is 11.3 Å². The molecule has 29 heavy (non-hydrogen) atoms. The molecule has 0 aliphatic carbocycles. The van der Waals surface area contributed by atoms with Gasteiger partial charge in [0.05, 0.1) is 11.3 Å². The number of hydrogen-bond acceptors (Lipinski definition) is 4. The summed E-state index contributed by atoms with van der Waals surface area (Å²) in [6, 6.07) is 20.1. The number of aryl methyl sites for hydroxylation is 2. The number of esters is 1. The molecule has 146 valence electrons. The fourth-order valence-corrected chi connectivity index (χ4v) is 4.17. The van der Waals surface area contributed by atoms with Crippen molar-refractivity contribution >= 4 is 17.3 Å². The van der Waals surface area contributed by atoms with Gasteiger partial charge < -0.3 is 9.30 Å². The quantitative estimate of drug-likeness (QED) is 0.391. The van der Waals surface area contributed by atoms with Gasteiger partial charge in [0.2, 0.25) is 0 Å². The lowest BCUT2D eigenvalue weighted by Gasteiger charge is -2.10. The predicted molar refractivity (Wildman–Crippen MR) is 117 cm³/mol. The van der Waals surface area contributed by atoms with Crippen molar-refractivity contribution in [2.24, 2.45) is 0 Å². The summed E-state index contributed by atoms with van der Waals surface area (Å²) in [5.41, 5.74) is 6.52. The van der Waals surface area contributed by atoms with Crippen molar-refractivity contribution in [3.63, 3.8) is 0 Å². The highest BCUT2D eigenvalue weighted by Crippen LogP contribution is 2.25. The first-order valence-corrected chi connectivity index (χ1v) is 10.3. The summed E-state index contributed by atoms with van der Waals surface area (Å²) >= 11 is 1.55. The highest BCUT2D eigenvalue weighted by molar-refractivity contribution is 7.13. The Morgan fingerprint density at radius 1 is 1.03 bits per heavy atom. The Kier molecular flexibility index (Phi) is 5.32. The minimum atomic E-state index is -0.328. The molecule has 4 aromatic rings. The average Bonchev–Trinajstić information content (AvgIpc) is 3.32. The molecule has 0 aliphatic rings. The van der Waals surface area contributed by atoms with Crippen LogP contribution < -0.4 is 0 Å². The first-order chi connectivity index (χ1) is 14.0. The summed E-state index contributed by atoms with van der Waals surface area (Å²) in [7, 11) is 0. The Balaban J connectivity index is 1.49. The van der Waals surface area contributed by atoms with Crippen LogP contribution in [-0.4, -0.2) is 15.5 Å². The minimum absolute atomic E-state index is 0.163. The van der Waals surface area contributed by atoms with E-state index in [2.05, 4.69) is 40.7 Å². The Morgan fingerprint density at radius 2 is 1.76 bits per heavy atom. The molecule has 0 aliphatic heterocycles. The molecule has 0 atom stereocenters. The third kappa shape index (κ3) is 4.00. The van der Waals surface area contributed by atoms with Crippen molar-refractivity contribution in [2.75, 3.05) is 0 Å². The molecule has 0 unspecified atom stereocenters. The van der Waals surface area contributed by atoms with Crippen molar-refractivity contribution in [3.05, 3.63) is 94.3 Å². The summed E-state index contributed by atoms with van der Waals surface area (Å²) in [4.78, 5) is 17.3. The van der Waals surface area contributed by atoms with Gasteiger partial charge in [-0.3, -0.25) is 0 Å². The van der Waals surface area contributed by atoms with E-state index in [9.17, 15) is 4.79 Å². The standard InChI is InChI=1S/C24H22N2O2S/c1-16-9-11-21(12-10-16)26-17(2)13-22(18(26)3)24(27)28-14-20-15-29-23(25-20)19-7-5-4-6-8-19/h4-13,15H,14H2,1-3H3. The summed E-state index contributed by atoms with van der Waals surface area (Å²) < 4.78 is 7.64. The van der Waals surface area contributed by atoms with E-state index in [1.165, 1.54) is 5.56 Å². The topological polar surface area (TPSA) is 44.1 Å². The largest absolute Gasteiger partial charge is 0.455 e. The molecule has 0 fully saturated rings. The molecule has 2 aromatic heterocycles. The molecule has 0 saturated carbocycles. The molecule has 2 heterocycles. The van der Waals surface area contributed by atoms with Crippen molar-refractivity contribution in [1.29, 1.82) is 0 Å². The van der Waals surface area contributed by atoms with Crippen LogP contribution in [0.3, 0.4) is 0 Å². The fourth-order valence-electron chi connectivity index (χ4n) is 3.36. The number of carbonyl (C=O) groups is 1. The lowest BCUT2D eigenvalue weighted by atomic mass is 10.2. The zero-order valence-corrected chi connectivity index (χ0v) is 17.5. The van der Waals surface area contributed by atoms with E-state index in [0.717, 1.165) is 33.3 Å². The van der Waals surface area contributed by atoms with Gasteiger partial charge in [-0.1, -0.05) is 48.0 Å². The Morgan fingerprint density at radius 3 is 2.48 bits per heavy atom. The second-order valence-corrected chi connectivity index (χ2v) is 7.90. The van der Waals surface area contributed by atoms with Crippen LogP contribution in [0.2, 0.25) is 0 Å². The predicted octanol–water partition coefficient (Wildman–Crippen LogP) is 5.88. The molecule has 4 nitrogen and oxygen atoms in total. The van der Waals surface area contributed by atoms with Crippen LogP contribution in [0.1, 0.15) is 33.0 Å². The number of thiazole rings is 1. The van der Waals surface area contributed by atoms with Crippen LogP contribution in [0.15, 0.2) is 66.0 Å². The maximum atomic E-state index is 12.7. The van der Waals surface area contributed by atoms with Crippen LogP contribution >= 0.6 is 11.3 Å². The van der Waals surface area contributed by atoms with Crippen molar-refractivity contribution < 1.29 is 9.53 Å². The molecule has 0 N–H and O–H groups in total. The molecule has 0 saturated heterocycles. The van der Waals surface area contributed by atoms with Gasteiger partial charge in [0.1, 0.15) is 11.6 Å². The summed E-state index contributed by atoms with van der Waals surface area (Å²) in [6.45, 7) is 6.16. The van der Waals surface area contributed by atoms with Crippen LogP contribution in [0.5, 0.6) is 0 Å². The van der Waals surface area contributed by atoms with Gasteiger partial charge in [-0.15, -0.1) is 11.3 Å². The van der Waals surface area contributed by atoms with E-state index < -0.39 is 0 Å². The highest BCUT2D eigenvalue weighted by Gasteiger charge is 2.18. The molecule has 5 heteroatoms. The molecule has 0 amide bonds. The van der Waals surface area contributed by atoms with Gasteiger partial charge in [0.25, 0.3) is 0 Å². The van der Waals surface area contributed by atoms with Crippen molar-refractivity contribution in [3.8, 4) is 16.3 Å². The summed E-state index contributed by atoms with van der Waals surface area (Å²) in [6.07, 6.45) is 0. The van der Waals surface area contributed by atoms with Gasteiger partial charge in [-0.25, -0.2) is 9.78 Å². The Bertz CT molecular complexity index is 1140. The number of aromatic nitrogens is 2. The number of rotatable bonds is 5. The number of nitrogens with zero attached hydrogens (tertiary/aromatic N) is 2. The molecule has 2 aromatic carbocycles.